The van der Waals surface area contributed by atoms with Crippen molar-refractivity contribution < 1.29 is 14.4 Å². The first-order valence-corrected chi connectivity index (χ1v) is 8.10. The van der Waals surface area contributed by atoms with Gasteiger partial charge >= 0.3 is 0 Å². The van der Waals surface area contributed by atoms with Crippen LogP contribution in [0.3, 0.4) is 0 Å². The molecule has 7 nitrogen and oxygen atoms in total. The summed E-state index contributed by atoms with van der Waals surface area (Å²) in [5.74, 6) is 0.539. The standard InChI is InChI=1S/C16H15N3O4S/c1-10(8-22-2)23-15-6-14(16-7-17-9-24-16)18-13-4-3-11(19(20)21)5-12(13)15/h3-7,9-10H,8H2,1-2H3. The number of methoxy groups -OCH3 is 1. The van der Waals surface area contributed by atoms with Crippen molar-refractivity contribution in [2.24, 2.45) is 0 Å². The Kier molecular flexibility index (Phi) is 4.68. The van der Waals surface area contributed by atoms with Crippen molar-refractivity contribution >= 4 is 27.9 Å². The van der Waals surface area contributed by atoms with Crippen LogP contribution in [0.4, 0.5) is 5.69 Å². The highest BCUT2D eigenvalue weighted by molar-refractivity contribution is 7.13. The topological polar surface area (TPSA) is 87.4 Å². The van der Waals surface area contributed by atoms with E-state index in [0.29, 0.717) is 23.3 Å². The Morgan fingerprint density at radius 1 is 1.38 bits per heavy atom. The van der Waals surface area contributed by atoms with E-state index >= 15 is 0 Å². The molecule has 0 saturated heterocycles. The minimum atomic E-state index is -0.432. The number of aromatic nitrogens is 2. The summed E-state index contributed by atoms with van der Waals surface area (Å²) in [5.41, 5.74) is 3.08. The quantitative estimate of drug-likeness (QED) is 0.500. The normalized spacial score (nSPS) is 12.2. The van der Waals surface area contributed by atoms with Crippen LogP contribution in [0.2, 0.25) is 0 Å². The van der Waals surface area contributed by atoms with Crippen molar-refractivity contribution in [3.8, 4) is 16.3 Å². The highest BCUT2D eigenvalue weighted by Gasteiger charge is 2.15. The van der Waals surface area contributed by atoms with Crippen LogP contribution < -0.4 is 4.74 Å². The highest BCUT2D eigenvalue weighted by Crippen LogP contribution is 2.34. The van der Waals surface area contributed by atoms with Gasteiger partial charge < -0.3 is 9.47 Å². The zero-order valence-electron chi connectivity index (χ0n) is 13.1. The molecule has 0 aliphatic rings. The molecule has 0 radical (unpaired) electrons. The van der Waals surface area contributed by atoms with Gasteiger partial charge in [-0.3, -0.25) is 15.1 Å². The largest absolute Gasteiger partial charge is 0.488 e. The minimum absolute atomic E-state index is 0.000847. The van der Waals surface area contributed by atoms with E-state index in [0.717, 1.165) is 10.6 Å². The van der Waals surface area contributed by atoms with Crippen molar-refractivity contribution in [3.63, 3.8) is 0 Å². The lowest BCUT2D eigenvalue weighted by molar-refractivity contribution is -0.384. The van der Waals surface area contributed by atoms with E-state index in [9.17, 15) is 10.1 Å². The number of rotatable bonds is 6. The molecule has 24 heavy (non-hydrogen) atoms. The first kappa shape index (κ1) is 16.3. The third-order valence-corrected chi connectivity index (χ3v) is 4.18. The van der Waals surface area contributed by atoms with Gasteiger partial charge in [0, 0.05) is 36.9 Å². The molecule has 2 aromatic heterocycles. The Hall–Kier alpha value is -2.58. The molecule has 0 aliphatic carbocycles. The number of benzene rings is 1. The number of hydrogen-bond acceptors (Lipinski definition) is 7. The fourth-order valence-electron chi connectivity index (χ4n) is 2.35. The lowest BCUT2D eigenvalue weighted by Crippen LogP contribution is -2.18. The van der Waals surface area contributed by atoms with Crippen molar-refractivity contribution in [2.45, 2.75) is 13.0 Å². The van der Waals surface area contributed by atoms with Crippen LogP contribution in [0.5, 0.6) is 5.75 Å². The number of hydrogen-bond donors (Lipinski definition) is 0. The first-order valence-electron chi connectivity index (χ1n) is 7.22. The number of nitrogens with zero attached hydrogens (tertiary/aromatic N) is 3. The van der Waals surface area contributed by atoms with E-state index in [1.165, 1.54) is 23.5 Å². The molecule has 3 aromatic rings. The van der Waals surface area contributed by atoms with Crippen LogP contribution in [0.25, 0.3) is 21.5 Å². The van der Waals surface area contributed by atoms with E-state index in [1.54, 1.807) is 30.9 Å². The van der Waals surface area contributed by atoms with Crippen LogP contribution in [0.1, 0.15) is 6.92 Å². The molecule has 0 fully saturated rings. The van der Waals surface area contributed by atoms with Gasteiger partial charge in [0.25, 0.3) is 5.69 Å². The molecular formula is C16H15N3O4S. The van der Waals surface area contributed by atoms with E-state index < -0.39 is 4.92 Å². The third kappa shape index (κ3) is 3.34. The highest BCUT2D eigenvalue weighted by atomic mass is 32.1. The van der Waals surface area contributed by atoms with Gasteiger partial charge in [0.05, 0.1) is 33.1 Å². The molecule has 124 valence electrons. The predicted octanol–water partition coefficient (Wildman–Crippen LogP) is 3.68. The lowest BCUT2D eigenvalue weighted by Gasteiger charge is -2.16. The lowest BCUT2D eigenvalue weighted by atomic mass is 10.1. The molecule has 0 N–H and O–H groups in total. The zero-order valence-corrected chi connectivity index (χ0v) is 13.9. The van der Waals surface area contributed by atoms with Crippen molar-refractivity contribution in [2.75, 3.05) is 13.7 Å². The molecule has 0 amide bonds. The number of ether oxygens (including phenoxy) is 2. The monoisotopic (exact) mass is 345 g/mol. The van der Waals surface area contributed by atoms with Gasteiger partial charge in [-0.15, -0.1) is 11.3 Å². The average molecular weight is 345 g/mol. The smallest absolute Gasteiger partial charge is 0.270 e. The summed E-state index contributed by atoms with van der Waals surface area (Å²) in [6.07, 6.45) is 1.53. The Labute approximate surface area is 142 Å². The Morgan fingerprint density at radius 3 is 2.88 bits per heavy atom. The fourth-order valence-corrected chi connectivity index (χ4v) is 2.93. The molecule has 1 aromatic carbocycles. The molecule has 0 spiro atoms. The summed E-state index contributed by atoms with van der Waals surface area (Å²) in [7, 11) is 1.60. The molecule has 0 saturated carbocycles. The summed E-state index contributed by atoms with van der Waals surface area (Å²) >= 11 is 1.47. The van der Waals surface area contributed by atoms with Gasteiger partial charge in [0.1, 0.15) is 11.9 Å². The molecule has 1 atom stereocenters. The van der Waals surface area contributed by atoms with Crippen LogP contribution in [0, 0.1) is 10.1 Å². The fraction of sp³-hybridized carbons (Fsp3) is 0.250. The average Bonchev–Trinajstić information content (AvgIpc) is 3.09. The van der Waals surface area contributed by atoms with E-state index in [2.05, 4.69) is 9.97 Å². The first-order chi connectivity index (χ1) is 11.6. The number of fused-ring (bicyclic) bond motifs is 1. The molecule has 3 rings (SSSR count). The zero-order chi connectivity index (χ0) is 17.1. The number of non-ortho nitro benzene ring substituents is 1. The maximum Gasteiger partial charge on any atom is 0.270 e. The van der Waals surface area contributed by atoms with Gasteiger partial charge in [0.15, 0.2) is 0 Å². The van der Waals surface area contributed by atoms with Crippen LogP contribution in [-0.4, -0.2) is 34.7 Å². The molecule has 2 heterocycles. The Bertz CT molecular complexity index is 867. The molecule has 8 heteroatoms. The van der Waals surface area contributed by atoms with Crippen LogP contribution in [-0.2, 0) is 4.74 Å². The maximum absolute atomic E-state index is 11.1. The Morgan fingerprint density at radius 2 is 2.21 bits per heavy atom. The van der Waals surface area contributed by atoms with E-state index in [1.807, 2.05) is 6.92 Å². The number of nitro groups is 1. The molecule has 1 unspecified atom stereocenters. The number of nitro benzene ring substituents is 1. The van der Waals surface area contributed by atoms with E-state index in [-0.39, 0.29) is 11.8 Å². The van der Waals surface area contributed by atoms with Crippen molar-refractivity contribution in [3.05, 3.63) is 46.1 Å². The SMILES string of the molecule is COCC(C)Oc1cc(-c2cncs2)nc2ccc([N+](=O)[O-])cc12. The molecular weight excluding hydrogens is 330 g/mol. The van der Waals surface area contributed by atoms with Gasteiger partial charge in [-0.2, -0.15) is 0 Å². The number of thiazole rings is 1. The van der Waals surface area contributed by atoms with Crippen LogP contribution in [0.15, 0.2) is 36.0 Å². The molecule has 0 bridgehead atoms. The second-order valence-corrected chi connectivity index (χ2v) is 6.10. The van der Waals surface area contributed by atoms with Crippen molar-refractivity contribution in [1.82, 2.24) is 9.97 Å². The summed E-state index contributed by atoms with van der Waals surface area (Å²) in [5, 5.41) is 11.6. The predicted molar refractivity (Wildman–Crippen MR) is 91.5 cm³/mol. The van der Waals surface area contributed by atoms with Crippen molar-refractivity contribution in [1.29, 1.82) is 0 Å². The molecule has 0 aliphatic heterocycles. The summed E-state index contributed by atoms with van der Waals surface area (Å²) < 4.78 is 11.0. The summed E-state index contributed by atoms with van der Waals surface area (Å²) in [6.45, 7) is 2.29. The van der Waals surface area contributed by atoms with Gasteiger partial charge in [-0.1, -0.05) is 0 Å². The van der Waals surface area contributed by atoms with Gasteiger partial charge in [0.2, 0.25) is 0 Å². The minimum Gasteiger partial charge on any atom is -0.488 e. The second kappa shape index (κ2) is 6.90. The summed E-state index contributed by atoms with van der Waals surface area (Å²) in [6, 6.07) is 6.33. The number of pyridine rings is 1. The van der Waals surface area contributed by atoms with Gasteiger partial charge in [-0.25, -0.2) is 4.98 Å². The van der Waals surface area contributed by atoms with E-state index in [4.69, 9.17) is 9.47 Å². The maximum atomic E-state index is 11.1. The van der Waals surface area contributed by atoms with Gasteiger partial charge in [-0.05, 0) is 13.0 Å². The Balaban J connectivity index is 2.14. The second-order valence-electron chi connectivity index (χ2n) is 5.21. The summed E-state index contributed by atoms with van der Waals surface area (Å²) in [4.78, 5) is 20.2. The van der Waals surface area contributed by atoms with Crippen LogP contribution >= 0.6 is 11.3 Å². The third-order valence-electron chi connectivity index (χ3n) is 3.38.